The molecule has 2 amide bonds. The number of aromatic amines is 1. The molecule has 2 heterocycles. The van der Waals surface area contributed by atoms with Crippen LogP contribution in [0.1, 0.15) is 111 Å². The van der Waals surface area contributed by atoms with Crippen LogP contribution in [0, 0.1) is 11.3 Å². The summed E-state index contributed by atoms with van der Waals surface area (Å²) < 4.78 is 42.0. The number of H-pyrrole nitrogens is 1. The molecule has 1 aliphatic rings. The number of aromatic nitrogens is 2. The molecule has 4 aromatic carbocycles. The quantitative estimate of drug-likeness (QED) is 0.0169. The number of amides is 2. The van der Waals surface area contributed by atoms with Gasteiger partial charge in [-0.1, -0.05) is 110 Å². The molecule has 6 rings (SSSR count). The largest absolute Gasteiger partial charge is 0.497 e. The minimum Gasteiger partial charge on any atom is -0.497 e. The van der Waals surface area contributed by atoms with Gasteiger partial charge in [0.1, 0.15) is 29.4 Å². The highest BCUT2D eigenvalue weighted by Gasteiger charge is 2.45. The summed E-state index contributed by atoms with van der Waals surface area (Å²) in [7, 11) is 1.43. The lowest BCUT2D eigenvalue weighted by Crippen LogP contribution is -2.39. The molecule has 0 spiro atoms. The van der Waals surface area contributed by atoms with Crippen molar-refractivity contribution in [3.05, 3.63) is 170 Å². The van der Waals surface area contributed by atoms with Crippen molar-refractivity contribution in [2.45, 2.75) is 109 Å². The van der Waals surface area contributed by atoms with Crippen LogP contribution in [0.25, 0.3) is 6.08 Å². The Bertz CT molecular complexity index is 2790. The third-order valence-electron chi connectivity index (χ3n) is 12.7. The highest BCUT2D eigenvalue weighted by molar-refractivity contribution is 8.14. The standard InChI is InChI=1S/C58H71N6O11PS/c1-41(2)64(42(3)4)76(73-36-17-33-59)75-50-38-54(74-51(50)40-72-58(45-20-13-10-14-21-45,46-23-27-48(70-5)28-24-46)47-25-29-49(71-6)30-26-47)63-39-44(55(67)62-57(63)69)22-31-52(65)60-34-15-7-8-16-35-61-53(66)32-37-77-56(68)43-18-11-9-12-19-43/h9-14,18-31,39,41-42,50-51,54H,7-8,15-17,32,34-38,40H2,1-6H3,(H,60,65)(H,61,66)(H,62,67,69)/b31-22+/t50-,51-,54-,76?/m1/s1. The zero-order valence-corrected chi connectivity index (χ0v) is 46.4. The van der Waals surface area contributed by atoms with Crippen molar-refractivity contribution >= 4 is 43.3 Å². The van der Waals surface area contributed by atoms with Crippen LogP contribution in [0.4, 0.5) is 0 Å². The normalized spacial score (nSPS) is 15.9. The average molecular weight is 1090 g/mol. The number of methoxy groups -OCH3 is 2. The fraction of sp³-hybridized carbons (Fsp3) is 0.414. The van der Waals surface area contributed by atoms with E-state index < -0.39 is 49.7 Å². The second kappa shape index (κ2) is 30.5. The number of thioether (sulfide) groups is 1. The zero-order chi connectivity index (χ0) is 55.2. The summed E-state index contributed by atoms with van der Waals surface area (Å²) in [5, 5.41) is 15.1. The number of nitrogens with zero attached hydrogens (tertiary/aromatic N) is 3. The number of ether oxygens (including phenoxy) is 4. The summed E-state index contributed by atoms with van der Waals surface area (Å²) in [5.74, 6) is 1.22. The number of nitriles is 1. The van der Waals surface area contributed by atoms with Gasteiger partial charge in [0.05, 0.1) is 51.6 Å². The van der Waals surface area contributed by atoms with Crippen LogP contribution in [-0.2, 0) is 33.7 Å². The molecule has 410 valence electrons. The van der Waals surface area contributed by atoms with Crippen LogP contribution in [0.2, 0.25) is 0 Å². The fourth-order valence-electron chi connectivity index (χ4n) is 8.91. The van der Waals surface area contributed by atoms with Crippen molar-refractivity contribution in [2.75, 3.05) is 46.3 Å². The smallest absolute Gasteiger partial charge is 0.330 e. The molecule has 17 nitrogen and oxygen atoms in total. The van der Waals surface area contributed by atoms with E-state index in [9.17, 15) is 29.2 Å². The maximum Gasteiger partial charge on any atom is 0.330 e. The van der Waals surface area contributed by atoms with Gasteiger partial charge in [0.2, 0.25) is 16.9 Å². The summed E-state index contributed by atoms with van der Waals surface area (Å²) in [5.41, 5.74) is 0.470. The van der Waals surface area contributed by atoms with Crippen LogP contribution in [-0.4, -0.2) is 102 Å². The van der Waals surface area contributed by atoms with Crippen LogP contribution in [0.15, 0.2) is 131 Å². The topological polar surface area (TPSA) is 213 Å². The first-order valence-electron chi connectivity index (χ1n) is 26.0. The van der Waals surface area contributed by atoms with Crippen molar-refractivity contribution in [3.63, 3.8) is 0 Å². The predicted octanol–water partition coefficient (Wildman–Crippen LogP) is 9.28. The van der Waals surface area contributed by atoms with Crippen molar-refractivity contribution in [3.8, 4) is 17.6 Å². The van der Waals surface area contributed by atoms with E-state index in [0.29, 0.717) is 42.3 Å². The lowest BCUT2D eigenvalue weighted by Gasteiger charge is -2.39. The number of benzene rings is 4. The molecular weight excluding hydrogens is 1020 g/mol. The Kier molecular flexibility index (Phi) is 23.7. The lowest BCUT2D eigenvalue weighted by atomic mass is 9.80. The van der Waals surface area contributed by atoms with Gasteiger partial charge in [-0.3, -0.25) is 28.7 Å². The number of nitrogens with one attached hydrogen (secondary N) is 3. The van der Waals surface area contributed by atoms with Gasteiger partial charge in [0.25, 0.3) is 14.1 Å². The number of rotatable bonds is 30. The molecular formula is C58H71N6O11PS. The highest BCUT2D eigenvalue weighted by atomic mass is 32.2. The summed E-state index contributed by atoms with van der Waals surface area (Å²) in [6.07, 6.45) is 5.15. The predicted molar refractivity (Wildman–Crippen MR) is 300 cm³/mol. The molecule has 1 saturated heterocycles. The van der Waals surface area contributed by atoms with E-state index in [1.165, 1.54) is 22.9 Å². The first kappa shape index (κ1) is 59.8. The molecule has 1 aromatic heterocycles. The van der Waals surface area contributed by atoms with E-state index in [2.05, 4.69) is 26.4 Å². The van der Waals surface area contributed by atoms with Gasteiger partial charge in [0.15, 0.2) is 0 Å². The van der Waals surface area contributed by atoms with Gasteiger partial charge in [-0.05, 0) is 87.6 Å². The SMILES string of the molecule is COc1ccc(C(OC[C@H]2O[C@@H](n3cc(/C=C/C(=O)NCCCCCCNC(=O)CCSC(=O)c4ccccc4)c(=O)[nH]c3=O)C[C@H]2OP(OCCC#N)N(C(C)C)C(C)C)(c2ccccc2)c2ccc(OC)cc2)cc1. The van der Waals surface area contributed by atoms with Crippen LogP contribution in [0.5, 0.6) is 11.5 Å². The second-order valence-corrected chi connectivity index (χ2v) is 21.2. The van der Waals surface area contributed by atoms with Crippen molar-refractivity contribution in [1.82, 2.24) is 24.9 Å². The number of carbonyl (C=O) groups excluding carboxylic acids is 3. The Labute approximate surface area is 456 Å². The first-order valence-corrected chi connectivity index (χ1v) is 28.1. The summed E-state index contributed by atoms with van der Waals surface area (Å²) in [4.78, 5) is 66.9. The number of unbranched alkanes of at least 4 members (excludes halogenated alkanes) is 3. The Morgan fingerprint density at radius 2 is 1.43 bits per heavy atom. The molecule has 3 N–H and O–H groups in total. The van der Waals surface area contributed by atoms with Gasteiger partial charge in [-0.15, -0.1) is 0 Å². The molecule has 4 atom stereocenters. The van der Waals surface area contributed by atoms with E-state index in [1.54, 1.807) is 26.4 Å². The molecule has 0 aliphatic carbocycles. The van der Waals surface area contributed by atoms with Crippen molar-refractivity contribution < 1.29 is 42.4 Å². The summed E-state index contributed by atoms with van der Waals surface area (Å²) in [6.45, 7) is 9.18. The number of carbonyl (C=O) groups is 3. The Morgan fingerprint density at radius 3 is 2.01 bits per heavy atom. The fourth-order valence-corrected chi connectivity index (χ4v) is 11.4. The average Bonchev–Trinajstić information content (AvgIpc) is 3.85. The molecule has 1 unspecified atom stereocenters. The van der Waals surface area contributed by atoms with Crippen LogP contribution in [0.3, 0.4) is 0 Å². The summed E-state index contributed by atoms with van der Waals surface area (Å²) >= 11 is 1.13. The zero-order valence-electron chi connectivity index (χ0n) is 44.7. The van der Waals surface area contributed by atoms with E-state index in [4.69, 9.17) is 28.0 Å². The van der Waals surface area contributed by atoms with Gasteiger partial charge in [-0.2, -0.15) is 5.26 Å². The van der Waals surface area contributed by atoms with E-state index in [-0.39, 0.29) is 61.1 Å². The molecule has 19 heteroatoms. The van der Waals surface area contributed by atoms with Gasteiger partial charge in [-0.25, -0.2) is 9.46 Å². The molecule has 0 radical (unpaired) electrons. The monoisotopic (exact) mass is 1090 g/mol. The van der Waals surface area contributed by atoms with Crippen LogP contribution >= 0.6 is 20.3 Å². The lowest BCUT2D eigenvalue weighted by molar-refractivity contribution is -0.120. The molecule has 77 heavy (non-hydrogen) atoms. The highest BCUT2D eigenvalue weighted by Crippen LogP contribution is 2.51. The molecule has 1 fully saturated rings. The minimum atomic E-state index is -1.78. The first-order chi connectivity index (χ1) is 37.3. The molecule has 0 saturated carbocycles. The number of hydrogen-bond acceptors (Lipinski definition) is 14. The summed E-state index contributed by atoms with van der Waals surface area (Å²) in [6, 6.07) is 36.3. The van der Waals surface area contributed by atoms with Crippen molar-refractivity contribution in [2.24, 2.45) is 0 Å². The second-order valence-electron chi connectivity index (χ2n) is 18.8. The van der Waals surface area contributed by atoms with E-state index >= 15 is 0 Å². The van der Waals surface area contributed by atoms with Gasteiger partial charge in [0, 0.05) is 61.6 Å². The van der Waals surface area contributed by atoms with Gasteiger partial charge >= 0.3 is 5.69 Å². The maximum absolute atomic E-state index is 13.7. The maximum atomic E-state index is 13.7. The molecule has 1 aliphatic heterocycles. The van der Waals surface area contributed by atoms with E-state index in [1.807, 2.05) is 125 Å². The Hall–Kier alpha value is -6.42. The molecule has 0 bridgehead atoms. The molecule has 5 aromatic rings. The minimum absolute atomic E-state index is 0.00696. The van der Waals surface area contributed by atoms with Crippen LogP contribution < -0.4 is 31.4 Å². The third-order valence-corrected chi connectivity index (χ3v) is 15.8. The van der Waals surface area contributed by atoms with E-state index in [0.717, 1.165) is 47.7 Å². The van der Waals surface area contributed by atoms with Crippen molar-refractivity contribution in [1.29, 1.82) is 5.26 Å². The number of hydrogen-bond donors (Lipinski definition) is 3. The Morgan fingerprint density at radius 1 is 0.844 bits per heavy atom. The third kappa shape index (κ3) is 17.0. The van der Waals surface area contributed by atoms with Gasteiger partial charge < -0.3 is 38.6 Å². The Balaban J connectivity index is 1.16.